The third kappa shape index (κ3) is 3.47. The molecule has 0 saturated heterocycles. The van der Waals surface area contributed by atoms with Crippen molar-refractivity contribution in [2.75, 3.05) is 18.4 Å². The number of hydrogen-bond donors (Lipinski definition) is 2. The second-order valence-electron chi connectivity index (χ2n) is 3.95. The van der Waals surface area contributed by atoms with Crippen molar-refractivity contribution in [1.29, 1.82) is 0 Å². The monoisotopic (exact) mass is 208 g/mol. The summed E-state index contributed by atoms with van der Waals surface area (Å²) >= 11 is 0. The molecule has 3 N–H and O–H groups in total. The van der Waals surface area contributed by atoms with E-state index in [2.05, 4.69) is 29.1 Å². The van der Waals surface area contributed by atoms with Crippen LogP contribution in [0.5, 0.6) is 0 Å². The summed E-state index contributed by atoms with van der Waals surface area (Å²) in [6.45, 7) is 7.77. The molecule has 0 aliphatic carbocycles. The number of aromatic nitrogens is 2. The van der Waals surface area contributed by atoms with E-state index in [1.54, 1.807) is 0 Å². The topological polar surface area (TPSA) is 63.8 Å². The Labute approximate surface area is 91.3 Å². The lowest BCUT2D eigenvalue weighted by molar-refractivity contribution is 0.765. The van der Waals surface area contributed by atoms with Gasteiger partial charge in [-0.05, 0) is 19.9 Å². The van der Waals surface area contributed by atoms with Gasteiger partial charge < -0.3 is 11.1 Å². The molecule has 1 aromatic rings. The molecule has 0 aliphatic heterocycles. The summed E-state index contributed by atoms with van der Waals surface area (Å²) in [4.78, 5) is 8.76. The van der Waals surface area contributed by atoms with Crippen LogP contribution in [0.25, 0.3) is 0 Å². The van der Waals surface area contributed by atoms with E-state index in [0.717, 1.165) is 30.2 Å². The van der Waals surface area contributed by atoms with Gasteiger partial charge in [-0.25, -0.2) is 9.97 Å². The molecular weight excluding hydrogens is 188 g/mol. The Bertz CT molecular complexity index is 309. The highest BCUT2D eigenvalue weighted by Gasteiger charge is 2.05. The van der Waals surface area contributed by atoms with Crippen molar-refractivity contribution in [3.63, 3.8) is 0 Å². The summed E-state index contributed by atoms with van der Waals surface area (Å²) < 4.78 is 0. The number of rotatable bonds is 5. The van der Waals surface area contributed by atoms with Gasteiger partial charge in [-0.2, -0.15) is 0 Å². The molecule has 4 heteroatoms. The minimum absolute atomic E-state index is 0.377. The number of nitrogens with one attached hydrogen (secondary N) is 1. The number of nitrogens with zero attached hydrogens (tertiary/aromatic N) is 2. The van der Waals surface area contributed by atoms with Crippen molar-refractivity contribution >= 4 is 5.69 Å². The van der Waals surface area contributed by atoms with Crippen molar-refractivity contribution in [2.45, 2.75) is 33.1 Å². The van der Waals surface area contributed by atoms with Gasteiger partial charge in [0.15, 0.2) is 0 Å². The molecule has 4 nitrogen and oxygen atoms in total. The standard InChI is InChI=1S/C11H20N4/c1-8(2)11-14-7-10(9(3)15-11)13-6-4-5-12/h7-8,13H,4-6,12H2,1-3H3. The lowest BCUT2D eigenvalue weighted by atomic mass is 10.2. The fraction of sp³-hybridized carbons (Fsp3) is 0.636. The number of aryl methyl sites for hydroxylation is 1. The normalized spacial score (nSPS) is 10.7. The molecule has 15 heavy (non-hydrogen) atoms. The average molecular weight is 208 g/mol. The summed E-state index contributed by atoms with van der Waals surface area (Å²) in [5.41, 5.74) is 7.44. The van der Waals surface area contributed by atoms with E-state index in [4.69, 9.17) is 5.73 Å². The van der Waals surface area contributed by atoms with Gasteiger partial charge in [0.25, 0.3) is 0 Å². The van der Waals surface area contributed by atoms with E-state index in [1.165, 1.54) is 0 Å². The Kier molecular flexibility index (Phi) is 4.49. The first-order chi connectivity index (χ1) is 7.15. The molecule has 0 saturated carbocycles. The molecule has 0 bridgehead atoms. The minimum atomic E-state index is 0.377. The van der Waals surface area contributed by atoms with Crippen LogP contribution >= 0.6 is 0 Å². The van der Waals surface area contributed by atoms with Crippen molar-refractivity contribution in [2.24, 2.45) is 5.73 Å². The Hall–Kier alpha value is -1.16. The van der Waals surface area contributed by atoms with Crippen LogP contribution in [0.2, 0.25) is 0 Å². The van der Waals surface area contributed by atoms with Crippen molar-refractivity contribution in [1.82, 2.24) is 9.97 Å². The minimum Gasteiger partial charge on any atom is -0.382 e. The predicted molar refractivity (Wildman–Crippen MR) is 63.0 cm³/mol. The molecule has 84 valence electrons. The fourth-order valence-corrected chi connectivity index (χ4v) is 1.26. The molecule has 1 aromatic heterocycles. The highest BCUT2D eigenvalue weighted by atomic mass is 15.0. The summed E-state index contributed by atoms with van der Waals surface area (Å²) in [6.07, 6.45) is 2.82. The molecule has 0 amide bonds. The Morgan fingerprint density at radius 2 is 2.20 bits per heavy atom. The third-order valence-corrected chi connectivity index (χ3v) is 2.21. The zero-order valence-electron chi connectivity index (χ0n) is 9.75. The molecule has 0 aliphatic rings. The maximum Gasteiger partial charge on any atom is 0.131 e. The molecule has 0 atom stereocenters. The lowest BCUT2D eigenvalue weighted by Gasteiger charge is -2.10. The maximum atomic E-state index is 5.42. The van der Waals surface area contributed by atoms with Crippen molar-refractivity contribution in [3.8, 4) is 0 Å². The van der Waals surface area contributed by atoms with Gasteiger partial charge in [-0.15, -0.1) is 0 Å². The van der Waals surface area contributed by atoms with Crippen LogP contribution in [0.1, 0.15) is 37.7 Å². The van der Waals surface area contributed by atoms with Gasteiger partial charge in [0.05, 0.1) is 17.6 Å². The molecule has 1 heterocycles. The van der Waals surface area contributed by atoms with Crippen molar-refractivity contribution in [3.05, 3.63) is 17.7 Å². The molecular formula is C11H20N4. The van der Waals surface area contributed by atoms with E-state index >= 15 is 0 Å². The number of hydrogen-bond acceptors (Lipinski definition) is 4. The first kappa shape index (κ1) is 11.9. The molecule has 0 aromatic carbocycles. The smallest absolute Gasteiger partial charge is 0.131 e. The van der Waals surface area contributed by atoms with E-state index in [0.29, 0.717) is 12.5 Å². The summed E-state index contributed by atoms with van der Waals surface area (Å²) in [6, 6.07) is 0. The lowest BCUT2D eigenvalue weighted by Crippen LogP contribution is -2.10. The van der Waals surface area contributed by atoms with Crippen LogP contribution in [0.4, 0.5) is 5.69 Å². The Morgan fingerprint density at radius 3 is 2.73 bits per heavy atom. The average Bonchev–Trinajstić information content (AvgIpc) is 2.20. The summed E-state index contributed by atoms with van der Waals surface area (Å²) in [7, 11) is 0. The second kappa shape index (κ2) is 5.66. The van der Waals surface area contributed by atoms with Crippen LogP contribution in [0.3, 0.4) is 0 Å². The number of anilines is 1. The van der Waals surface area contributed by atoms with E-state index in [1.807, 2.05) is 13.1 Å². The van der Waals surface area contributed by atoms with Crippen LogP contribution in [0, 0.1) is 6.92 Å². The van der Waals surface area contributed by atoms with Gasteiger partial charge in [0.1, 0.15) is 5.82 Å². The van der Waals surface area contributed by atoms with Gasteiger partial charge in [0, 0.05) is 12.5 Å². The molecule has 0 unspecified atom stereocenters. The largest absolute Gasteiger partial charge is 0.382 e. The van der Waals surface area contributed by atoms with E-state index < -0.39 is 0 Å². The molecule has 0 fully saturated rings. The first-order valence-corrected chi connectivity index (χ1v) is 5.42. The highest BCUT2D eigenvalue weighted by Crippen LogP contribution is 2.14. The second-order valence-corrected chi connectivity index (χ2v) is 3.95. The summed E-state index contributed by atoms with van der Waals surface area (Å²) in [5, 5.41) is 3.27. The van der Waals surface area contributed by atoms with Gasteiger partial charge >= 0.3 is 0 Å². The van der Waals surface area contributed by atoms with Gasteiger partial charge in [-0.3, -0.25) is 0 Å². The van der Waals surface area contributed by atoms with Crippen LogP contribution < -0.4 is 11.1 Å². The molecule has 1 rings (SSSR count). The maximum absolute atomic E-state index is 5.42. The van der Waals surface area contributed by atoms with Gasteiger partial charge in [0.2, 0.25) is 0 Å². The van der Waals surface area contributed by atoms with Crippen LogP contribution in [-0.2, 0) is 0 Å². The highest BCUT2D eigenvalue weighted by molar-refractivity contribution is 5.45. The van der Waals surface area contributed by atoms with Crippen molar-refractivity contribution < 1.29 is 0 Å². The molecule has 0 radical (unpaired) electrons. The Balaban J connectivity index is 2.66. The first-order valence-electron chi connectivity index (χ1n) is 5.42. The SMILES string of the molecule is Cc1nc(C(C)C)ncc1NCCCN. The van der Waals surface area contributed by atoms with Crippen LogP contribution in [-0.4, -0.2) is 23.1 Å². The van der Waals surface area contributed by atoms with E-state index in [-0.39, 0.29) is 0 Å². The fourth-order valence-electron chi connectivity index (χ4n) is 1.26. The molecule has 0 spiro atoms. The third-order valence-electron chi connectivity index (χ3n) is 2.21. The zero-order chi connectivity index (χ0) is 11.3. The van der Waals surface area contributed by atoms with Gasteiger partial charge in [-0.1, -0.05) is 13.8 Å². The van der Waals surface area contributed by atoms with E-state index in [9.17, 15) is 0 Å². The summed E-state index contributed by atoms with van der Waals surface area (Å²) in [5.74, 6) is 1.28. The Morgan fingerprint density at radius 1 is 1.47 bits per heavy atom. The van der Waals surface area contributed by atoms with Crippen LogP contribution in [0.15, 0.2) is 6.20 Å². The quantitative estimate of drug-likeness (QED) is 0.722. The number of nitrogens with two attached hydrogens (primary N) is 1. The zero-order valence-corrected chi connectivity index (χ0v) is 9.75. The predicted octanol–water partition coefficient (Wildman–Crippen LogP) is 1.67.